The van der Waals surface area contributed by atoms with Gasteiger partial charge in [0.05, 0.1) is 23.4 Å². The maximum absolute atomic E-state index is 6.29. The van der Waals surface area contributed by atoms with E-state index in [0.717, 1.165) is 62.5 Å². The van der Waals surface area contributed by atoms with E-state index in [9.17, 15) is 0 Å². The third-order valence-corrected chi connectivity index (χ3v) is 6.36. The van der Waals surface area contributed by atoms with Crippen molar-refractivity contribution in [2.75, 3.05) is 50.4 Å². The van der Waals surface area contributed by atoms with Crippen molar-refractivity contribution < 1.29 is 4.74 Å². The van der Waals surface area contributed by atoms with Crippen molar-refractivity contribution in [2.24, 2.45) is 0 Å². The molecule has 1 aliphatic heterocycles. The number of benzene rings is 1. The summed E-state index contributed by atoms with van der Waals surface area (Å²) < 4.78 is 6.40. The van der Waals surface area contributed by atoms with Crippen LogP contribution in [0.1, 0.15) is 22.9 Å². The molecule has 0 radical (unpaired) electrons. The maximum atomic E-state index is 6.29. The first-order valence-electron chi connectivity index (χ1n) is 9.90. The first kappa shape index (κ1) is 19.1. The number of aromatic nitrogens is 2. The molecule has 0 atom stereocenters. The van der Waals surface area contributed by atoms with Crippen LogP contribution < -0.4 is 11.1 Å². The van der Waals surface area contributed by atoms with Gasteiger partial charge in [-0.25, -0.2) is 4.98 Å². The van der Waals surface area contributed by atoms with Gasteiger partial charge < -0.3 is 15.8 Å². The van der Waals surface area contributed by atoms with E-state index in [1.165, 1.54) is 16.0 Å². The second kappa shape index (κ2) is 8.86. The van der Waals surface area contributed by atoms with Crippen molar-refractivity contribution in [2.45, 2.75) is 19.8 Å². The molecule has 2 aromatic heterocycles. The highest BCUT2D eigenvalue weighted by atomic mass is 32.1. The molecular formula is C21H27N5OS. The number of nitrogens with two attached hydrogens (primary N) is 1. The Balaban J connectivity index is 1.53. The van der Waals surface area contributed by atoms with Gasteiger partial charge in [-0.3, -0.25) is 4.90 Å². The Kier molecular flexibility index (Phi) is 6.04. The Bertz CT molecular complexity index is 921. The number of nitrogens with zero attached hydrogens (tertiary/aromatic N) is 3. The van der Waals surface area contributed by atoms with Crippen molar-refractivity contribution in [1.82, 2.24) is 14.9 Å². The van der Waals surface area contributed by atoms with Crippen LogP contribution >= 0.6 is 11.3 Å². The van der Waals surface area contributed by atoms with Gasteiger partial charge in [0.1, 0.15) is 5.82 Å². The van der Waals surface area contributed by atoms with Crippen molar-refractivity contribution in [3.8, 4) is 0 Å². The van der Waals surface area contributed by atoms with Crippen LogP contribution in [0.3, 0.4) is 0 Å². The normalized spacial score (nSPS) is 15.2. The third kappa shape index (κ3) is 4.27. The second-order valence-corrected chi connectivity index (χ2v) is 8.12. The van der Waals surface area contributed by atoms with Crippen LogP contribution in [0.15, 0.2) is 30.3 Å². The predicted octanol–water partition coefficient (Wildman–Crippen LogP) is 3.17. The number of rotatable bonds is 7. The van der Waals surface area contributed by atoms with Crippen LogP contribution in [-0.4, -0.2) is 54.3 Å². The Labute approximate surface area is 169 Å². The first-order valence-corrected chi connectivity index (χ1v) is 10.7. The zero-order valence-corrected chi connectivity index (χ0v) is 17.1. The van der Waals surface area contributed by atoms with Crippen LogP contribution in [-0.2, 0) is 17.6 Å². The number of thiophene rings is 1. The highest BCUT2D eigenvalue weighted by Crippen LogP contribution is 2.35. The molecule has 3 aromatic rings. The van der Waals surface area contributed by atoms with E-state index in [-0.39, 0.29) is 0 Å². The molecule has 0 unspecified atom stereocenters. The van der Waals surface area contributed by atoms with E-state index in [1.807, 2.05) is 6.07 Å². The summed E-state index contributed by atoms with van der Waals surface area (Å²) in [4.78, 5) is 13.0. The lowest BCUT2D eigenvalue weighted by molar-refractivity contribution is 0.0398. The molecule has 0 aliphatic carbocycles. The number of aryl methyl sites for hydroxylation is 1. The fourth-order valence-electron chi connectivity index (χ4n) is 3.61. The topological polar surface area (TPSA) is 76.3 Å². The Hall–Kier alpha value is -2.22. The van der Waals surface area contributed by atoms with E-state index in [4.69, 9.17) is 15.5 Å². The van der Waals surface area contributed by atoms with Crippen LogP contribution in [0.25, 0.3) is 10.2 Å². The third-order valence-electron chi connectivity index (χ3n) is 5.12. The summed E-state index contributed by atoms with van der Waals surface area (Å²) >= 11 is 1.73. The molecule has 1 aromatic carbocycles. The molecule has 28 heavy (non-hydrogen) atoms. The molecule has 1 fully saturated rings. The lowest BCUT2D eigenvalue weighted by atomic mass is 10.1. The average Bonchev–Trinajstić information content (AvgIpc) is 3.07. The monoisotopic (exact) mass is 397 g/mol. The van der Waals surface area contributed by atoms with Crippen LogP contribution in [0.4, 0.5) is 11.8 Å². The predicted molar refractivity (Wildman–Crippen MR) is 116 cm³/mol. The van der Waals surface area contributed by atoms with E-state index in [2.05, 4.69) is 46.4 Å². The quantitative estimate of drug-likeness (QED) is 0.638. The van der Waals surface area contributed by atoms with E-state index < -0.39 is 0 Å². The Morgan fingerprint density at radius 3 is 2.71 bits per heavy atom. The maximum Gasteiger partial charge on any atom is 0.225 e. The van der Waals surface area contributed by atoms with Gasteiger partial charge in [-0.2, -0.15) is 4.98 Å². The van der Waals surface area contributed by atoms with Crippen LogP contribution in [0.2, 0.25) is 0 Å². The van der Waals surface area contributed by atoms with Crippen molar-refractivity contribution in [1.29, 1.82) is 0 Å². The summed E-state index contributed by atoms with van der Waals surface area (Å²) in [5, 5.41) is 3.36. The number of nitrogens with one attached hydrogen (secondary N) is 1. The minimum Gasteiger partial charge on any atom is -0.382 e. The number of fused-ring (bicyclic) bond motifs is 1. The van der Waals surface area contributed by atoms with Crippen molar-refractivity contribution in [3.63, 3.8) is 0 Å². The van der Waals surface area contributed by atoms with Gasteiger partial charge in [0.15, 0.2) is 0 Å². The summed E-state index contributed by atoms with van der Waals surface area (Å²) in [6.45, 7) is 7.53. The molecule has 3 N–H and O–H groups in total. The largest absolute Gasteiger partial charge is 0.382 e. The summed E-state index contributed by atoms with van der Waals surface area (Å²) in [5.41, 5.74) is 9.89. The zero-order chi connectivity index (χ0) is 19.3. The van der Waals surface area contributed by atoms with E-state index >= 15 is 0 Å². The second-order valence-electron chi connectivity index (χ2n) is 7.01. The lowest BCUT2D eigenvalue weighted by Gasteiger charge is -2.26. The molecule has 0 spiro atoms. The molecule has 1 saturated heterocycles. The zero-order valence-electron chi connectivity index (χ0n) is 16.3. The minimum absolute atomic E-state index is 0.567. The lowest BCUT2D eigenvalue weighted by Crippen LogP contribution is -2.39. The molecule has 0 amide bonds. The Morgan fingerprint density at radius 1 is 1.18 bits per heavy atom. The highest BCUT2D eigenvalue weighted by molar-refractivity contribution is 7.19. The van der Waals surface area contributed by atoms with Gasteiger partial charge in [0.25, 0.3) is 0 Å². The number of ether oxygens (including phenoxy) is 1. The molecule has 6 nitrogen and oxygen atoms in total. The van der Waals surface area contributed by atoms with Gasteiger partial charge in [0, 0.05) is 37.5 Å². The number of hydrogen-bond donors (Lipinski definition) is 2. The van der Waals surface area contributed by atoms with Crippen LogP contribution in [0.5, 0.6) is 0 Å². The van der Waals surface area contributed by atoms with Crippen LogP contribution in [0, 0.1) is 0 Å². The Morgan fingerprint density at radius 2 is 1.96 bits per heavy atom. The molecular weight excluding hydrogens is 370 g/mol. The van der Waals surface area contributed by atoms with Gasteiger partial charge in [-0.1, -0.05) is 37.3 Å². The summed E-state index contributed by atoms with van der Waals surface area (Å²) in [6, 6.07) is 10.5. The smallest absolute Gasteiger partial charge is 0.225 e. The van der Waals surface area contributed by atoms with E-state index in [1.54, 1.807) is 11.3 Å². The number of anilines is 2. The van der Waals surface area contributed by atoms with Gasteiger partial charge in [-0.05, 0) is 17.5 Å². The number of morpholine rings is 1. The number of hydrogen-bond acceptors (Lipinski definition) is 7. The molecule has 0 saturated carbocycles. The van der Waals surface area contributed by atoms with Gasteiger partial charge in [-0.15, -0.1) is 11.3 Å². The summed E-state index contributed by atoms with van der Waals surface area (Å²) in [7, 11) is 0. The van der Waals surface area contributed by atoms with Crippen molar-refractivity contribution >= 4 is 33.3 Å². The number of nitrogen functional groups attached to an aromatic ring is 1. The molecule has 1 aliphatic rings. The van der Waals surface area contributed by atoms with Crippen molar-refractivity contribution in [3.05, 3.63) is 46.3 Å². The first-order chi connectivity index (χ1) is 13.7. The average molecular weight is 398 g/mol. The molecule has 0 bridgehead atoms. The molecule has 7 heteroatoms. The standard InChI is InChI=1S/C21H27N5OS/c1-2-16-17(14-15-6-4-3-5-7-15)28-19-18(16)24-21(25-20(19)22)23-8-9-26-10-12-27-13-11-26/h3-7H,2,8-14H2,1H3,(H3,22,23,24,25). The van der Waals surface area contributed by atoms with E-state index in [0.29, 0.717) is 11.8 Å². The highest BCUT2D eigenvalue weighted by Gasteiger charge is 2.17. The minimum atomic E-state index is 0.567. The van der Waals surface area contributed by atoms with Gasteiger partial charge >= 0.3 is 0 Å². The summed E-state index contributed by atoms with van der Waals surface area (Å²) in [6.07, 6.45) is 1.84. The molecule has 3 heterocycles. The van der Waals surface area contributed by atoms with Gasteiger partial charge in [0.2, 0.25) is 5.95 Å². The molecule has 4 rings (SSSR count). The fourth-order valence-corrected chi connectivity index (χ4v) is 4.87. The molecule has 148 valence electrons. The summed E-state index contributed by atoms with van der Waals surface area (Å²) in [5.74, 6) is 1.19. The SMILES string of the molecule is CCc1c(Cc2ccccc2)sc2c(N)nc(NCCN3CCOCC3)nc12. The fraction of sp³-hybridized carbons (Fsp3) is 0.429.